The Kier molecular flexibility index (Phi) is 4.76. The highest BCUT2D eigenvalue weighted by molar-refractivity contribution is 5.82. The van der Waals surface area contributed by atoms with Crippen LogP contribution in [-0.4, -0.2) is 53.7 Å². The third kappa shape index (κ3) is 3.48. The first-order valence-corrected chi connectivity index (χ1v) is 8.13. The highest BCUT2D eigenvalue weighted by atomic mass is 16.3. The number of carbonyl (C=O) groups excluding carboxylic acids is 1. The summed E-state index contributed by atoms with van der Waals surface area (Å²) in [4.78, 5) is 14.5. The number of rotatable bonds is 4. The summed E-state index contributed by atoms with van der Waals surface area (Å²) in [6, 6.07) is 8.65. The summed E-state index contributed by atoms with van der Waals surface area (Å²) >= 11 is 0. The molecule has 3 unspecified atom stereocenters. The lowest BCUT2D eigenvalue weighted by molar-refractivity contribution is -0.123. The van der Waals surface area contributed by atoms with E-state index in [4.69, 9.17) is 0 Å². The maximum atomic E-state index is 12.1. The van der Waals surface area contributed by atoms with Crippen LogP contribution in [0.25, 0.3) is 0 Å². The Morgan fingerprint density at radius 1 is 1.45 bits per heavy atom. The average molecular weight is 303 g/mol. The zero-order chi connectivity index (χ0) is 15.5. The summed E-state index contributed by atoms with van der Waals surface area (Å²) in [6.45, 7) is 5.30. The molecule has 1 aromatic rings. The van der Waals surface area contributed by atoms with Gasteiger partial charge in [-0.15, -0.1) is 0 Å². The van der Waals surface area contributed by atoms with E-state index in [0.717, 1.165) is 19.5 Å². The molecule has 0 spiro atoms. The molecule has 1 aromatic carbocycles. The number of nitrogens with one attached hydrogen (secondary N) is 2. The van der Waals surface area contributed by atoms with E-state index in [1.807, 2.05) is 0 Å². The van der Waals surface area contributed by atoms with Crippen LogP contribution in [0.3, 0.4) is 0 Å². The smallest absolute Gasteiger partial charge is 0.237 e. The van der Waals surface area contributed by atoms with Gasteiger partial charge >= 0.3 is 0 Å². The zero-order valence-corrected chi connectivity index (χ0v) is 13.1. The lowest BCUT2D eigenvalue weighted by Gasteiger charge is -2.34. The van der Waals surface area contributed by atoms with Crippen LogP contribution in [0.15, 0.2) is 24.3 Å². The molecule has 0 bridgehead atoms. The number of hydrogen-bond acceptors (Lipinski definition) is 4. The van der Waals surface area contributed by atoms with Crippen LogP contribution < -0.4 is 10.6 Å². The molecule has 5 heteroatoms. The molecule has 22 heavy (non-hydrogen) atoms. The molecule has 0 radical (unpaired) electrons. The second kappa shape index (κ2) is 6.77. The molecule has 2 heterocycles. The topological polar surface area (TPSA) is 64.6 Å². The lowest BCUT2D eigenvalue weighted by Crippen LogP contribution is -2.48. The van der Waals surface area contributed by atoms with Crippen LogP contribution in [0.2, 0.25) is 0 Å². The van der Waals surface area contributed by atoms with Crippen molar-refractivity contribution in [1.82, 2.24) is 15.5 Å². The van der Waals surface area contributed by atoms with Crippen LogP contribution in [0, 0.1) is 0 Å². The Bertz CT molecular complexity index is 534. The summed E-state index contributed by atoms with van der Waals surface area (Å²) in [5, 5.41) is 15.5. The van der Waals surface area contributed by atoms with Crippen molar-refractivity contribution in [3.8, 4) is 0 Å². The average Bonchev–Trinajstić information content (AvgIpc) is 2.98. The van der Waals surface area contributed by atoms with Gasteiger partial charge in [-0.05, 0) is 30.9 Å². The number of carbonyl (C=O) groups is 1. The molecule has 0 saturated carbocycles. The first kappa shape index (κ1) is 15.5. The van der Waals surface area contributed by atoms with Crippen molar-refractivity contribution in [3.63, 3.8) is 0 Å². The van der Waals surface area contributed by atoms with Gasteiger partial charge in [-0.25, -0.2) is 0 Å². The second-order valence-corrected chi connectivity index (χ2v) is 6.43. The van der Waals surface area contributed by atoms with E-state index in [0.29, 0.717) is 25.6 Å². The molecular formula is C17H25N3O2. The van der Waals surface area contributed by atoms with Crippen LogP contribution in [0.4, 0.5) is 0 Å². The number of β-amino-alcohol motifs (C(OH)–C–C–N with tert-alkyl or cyclic N) is 1. The fourth-order valence-corrected chi connectivity index (χ4v) is 3.31. The zero-order valence-electron chi connectivity index (χ0n) is 13.1. The lowest BCUT2D eigenvalue weighted by atomic mass is 9.99. The molecule has 1 fully saturated rings. The Labute approximate surface area is 131 Å². The van der Waals surface area contributed by atoms with Crippen molar-refractivity contribution in [2.75, 3.05) is 19.6 Å². The second-order valence-electron chi connectivity index (χ2n) is 6.43. The predicted octanol–water partition coefficient (Wildman–Crippen LogP) is 0.272. The van der Waals surface area contributed by atoms with Gasteiger partial charge in [0.25, 0.3) is 0 Å². The third-order valence-electron chi connectivity index (χ3n) is 4.78. The van der Waals surface area contributed by atoms with Gasteiger partial charge in [-0.2, -0.15) is 0 Å². The van der Waals surface area contributed by atoms with Gasteiger partial charge in [0.1, 0.15) is 0 Å². The monoisotopic (exact) mass is 303 g/mol. The van der Waals surface area contributed by atoms with Crippen molar-refractivity contribution in [1.29, 1.82) is 0 Å². The van der Waals surface area contributed by atoms with Gasteiger partial charge in [0.2, 0.25) is 5.91 Å². The molecule has 2 aliphatic rings. The number of hydrogen-bond donors (Lipinski definition) is 3. The van der Waals surface area contributed by atoms with Crippen LogP contribution in [0.1, 0.15) is 24.5 Å². The standard InChI is InChI=1S/C17H25N3O2/c1-12(9-19-17(22)16-8-15(21)10-18-16)20-7-6-13-4-2-3-5-14(13)11-20/h2-5,12,15-16,18,21H,6-11H2,1H3,(H,19,22). The minimum absolute atomic E-state index is 0.000750. The third-order valence-corrected chi connectivity index (χ3v) is 4.78. The van der Waals surface area contributed by atoms with Gasteiger partial charge in [-0.3, -0.25) is 9.69 Å². The number of aliphatic hydroxyl groups is 1. The maximum Gasteiger partial charge on any atom is 0.237 e. The van der Waals surface area contributed by atoms with E-state index in [1.165, 1.54) is 11.1 Å². The van der Waals surface area contributed by atoms with Crippen molar-refractivity contribution >= 4 is 5.91 Å². The Morgan fingerprint density at radius 3 is 2.95 bits per heavy atom. The molecule has 3 atom stereocenters. The fraction of sp³-hybridized carbons (Fsp3) is 0.588. The number of fused-ring (bicyclic) bond motifs is 1. The first-order chi connectivity index (χ1) is 10.6. The minimum Gasteiger partial charge on any atom is -0.392 e. The quantitative estimate of drug-likeness (QED) is 0.747. The fourth-order valence-electron chi connectivity index (χ4n) is 3.31. The van der Waals surface area contributed by atoms with Gasteiger partial charge in [0, 0.05) is 32.2 Å². The minimum atomic E-state index is -0.397. The highest BCUT2D eigenvalue weighted by Crippen LogP contribution is 2.20. The van der Waals surface area contributed by atoms with E-state index in [2.05, 4.69) is 46.7 Å². The highest BCUT2D eigenvalue weighted by Gasteiger charge is 2.28. The molecule has 0 aromatic heterocycles. The summed E-state index contributed by atoms with van der Waals surface area (Å²) in [5.41, 5.74) is 2.84. The molecule has 2 aliphatic heterocycles. The summed E-state index contributed by atoms with van der Waals surface area (Å²) in [7, 11) is 0. The SMILES string of the molecule is CC(CNC(=O)C1CC(O)CN1)N1CCc2ccccc2C1. The number of amides is 1. The Morgan fingerprint density at radius 2 is 2.23 bits per heavy atom. The van der Waals surface area contributed by atoms with Crippen LogP contribution in [0.5, 0.6) is 0 Å². The summed E-state index contributed by atoms with van der Waals surface area (Å²) in [5.74, 6) is 0.000750. The van der Waals surface area contributed by atoms with Gasteiger partial charge in [0.15, 0.2) is 0 Å². The predicted molar refractivity (Wildman–Crippen MR) is 85.4 cm³/mol. The van der Waals surface area contributed by atoms with E-state index >= 15 is 0 Å². The van der Waals surface area contributed by atoms with E-state index in [9.17, 15) is 9.90 Å². The number of aliphatic hydroxyl groups excluding tert-OH is 1. The molecule has 3 N–H and O–H groups in total. The maximum absolute atomic E-state index is 12.1. The van der Waals surface area contributed by atoms with E-state index in [-0.39, 0.29) is 11.9 Å². The van der Waals surface area contributed by atoms with Gasteiger partial charge < -0.3 is 15.7 Å². The van der Waals surface area contributed by atoms with Crippen molar-refractivity contribution in [3.05, 3.63) is 35.4 Å². The van der Waals surface area contributed by atoms with Gasteiger partial charge in [-0.1, -0.05) is 24.3 Å². The molecular weight excluding hydrogens is 278 g/mol. The van der Waals surface area contributed by atoms with E-state index in [1.54, 1.807) is 0 Å². The van der Waals surface area contributed by atoms with Crippen molar-refractivity contribution < 1.29 is 9.90 Å². The summed E-state index contributed by atoms with van der Waals surface area (Å²) in [6.07, 6.45) is 1.19. The first-order valence-electron chi connectivity index (χ1n) is 8.13. The van der Waals surface area contributed by atoms with Crippen molar-refractivity contribution in [2.45, 2.75) is 44.5 Å². The van der Waals surface area contributed by atoms with Crippen molar-refractivity contribution in [2.24, 2.45) is 0 Å². The Balaban J connectivity index is 1.48. The van der Waals surface area contributed by atoms with E-state index < -0.39 is 6.10 Å². The Hall–Kier alpha value is -1.43. The summed E-state index contributed by atoms with van der Waals surface area (Å²) < 4.78 is 0. The number of benzene rings is 1. The molecule has 3 rings (SSSR count). The normalized spacial score (nSPS) is 26.5. The van der Waals surface area contributed by atoms with Crippen LogP contribution in [-0.2, 0) is 17.8 Å². The molecule has 5 nitrogen and oxygen atoms in total. The van der Waals surface area contributed by atoms with Crippen LogP contribution >= 0.6 is 0 Å². The molecule has 0 aliphatic carbocycles. The number of nitrogens with zero attached hydrogens (tertiary/aromatic N) is 1. The molecule has 1 saturated heterocycles. The molecule has 1 amide bonds. The largest absolute Gasteiger partial charge is 0.392 e. The molecule has 120 valence electrons. The van der Waals surface area contributed by atoms with Gasteiger partial charge in [0.05, 0.1) is 12.1 Å².